The maximum Gasteiger partial charge on any atom is 0.225 e. The van der Waals surface area contributed by atoms with Crippen LogP contribution in [0.2, 0.25) is 5.02 Å². The molecule has 0 radical (unpaired) electrons. The van der Waals surface area contributed by atoms with E-state index >= 15 is 0 Å². The third-order valence-electron chi connectivity index (χ3n) is 7.47. The van der Waals surface area contributed by atoms with Crippen LogP contribution in [0.1, 0.15) is 36.8 Å². The summed E-state index contributed by atoms with van der Waals surface area (Å²) in [6.45, 7) is 2.37. The Morgan fingerprint density at radius 3 is 2.79 bits per heavy atom. The lowest BCUT2D eigenvalue weighted by atomic mass is 9.94. The van der Waals surface area contributed by atoms with Crippen molar-refractivity contribution >= 4 is 23.2 Å². The summed E-state index contributed by atoms with van der Waals surface area (Å²) >= 11 is 6.17. The van der Waals surface area contributed by atoms with Crippen molar-refractivity contribution in [3.63, 3.8) is 0 Å². The number of nitrogens with one attached hydrogen (secondary N) is 1. The van der Waals surface area contributed by atoms with Crippen molar-refractivity contribution < 1.29 is 9.53 Å². The topological polar surface area (TPSA) is 68.6 Å². The Labute approximate surface area is 200 Å². The van der Waals surface area contributed by atoms with Gasteiger partial charge in [0.15, 0.2) is 0 Å². The molecular formula is C26H29ClN4O2. The van der Waals surface area contributed by atoms with E-state index in [0.717, 1.165) is 43.8 Å². The lowest BCUT2D eigenvalue weighted by molar-refractivity contribution is -0.125. The molecule has 1 N–H and O–H groups in total. The lowest BCUT2D eigenvalue weighted by Crippen LogP contribution is -2.46. The number of carbonyl (C=O) groups excluding carboxylic acids is 1. The van der Waals surface area contributed by atoms with E-state index in [2.05, 4.69) is 33.3 Å². The number of nitrogens with zero attached hydrogens (tertiary/aromatic N) is 3. The van der Waals surface area contributed by atoms with Crippen molar-refractivity contribution in [2.75, 3.05) is 25.1 Å². The average molecular weight is 465 g/mol. The highest BCUT2D eigenvalue weighted by atomic mass is 35.5. The van der Waals surface area contributed by atoms with Gasteiger partial charge in [-0.3, -0.25) is 9.69 Å². The van der Waals surface area contributed by atoms with Crippen molar-refractivity contribution in [2.24, 2.45) is 5.92 Å². The number of hydrogen-bond acceptors (Lipinski definition) is 5. The fourth-order valence-corrected chi connectivity index (χ4v) is 6.00. The Balaban J connectivity index is 1.19. The Morgan fingerprint density at radius 1 is 1.21 bits per heavy atom. The summed E-state index contributed by atoms with van der Waals surface area (Å²) in [5.74, 6) is 0.992. The standard InChI is InChI=1S/C26H29ClN4O2/c1-33-23-5-2-17(3-6-23)15-31-21-4-7-25(31)24(13-21)29-26(32)19-8-9-30(16-19)22-11-18(14-28)10-20(27)12-22/h2-3,5-6,10-12,19,21,24-25H,4,7-9,13,15-16H2,1H3,(H,29,32)/t19-,21-,24+,25+/m0/s1. The van der Waals surface area contributed by atoms with Gasteiger partial charge in [0, 0.05) is 48.5 Å². The van der Waals surface area contributed by atoms with E-state index in [4.69, 9.17) is 16.3 Å². The van der Waals surface area contributed by atoms with Gasteiger partial charge < -0.3 is 15.0 Å². The Hall–Kier alpha value is -2.75. The minimum atomic E-state index is -0.0383. The van der Waals surface area contributed by atoms with Crippen LogP contribution in [0.5, 0.6) is 5.75 Å². The van der Waals surface area contributed by atoms with Gasteiger partial charge in [0.1, 0.15) is 5.75 Å². The first-order valence-electron chi connectivity index (χ1n) is 11.7. The van der Waals surface area contributed by atoms with Crippen LogP contribution < -0.4 is 15.0 Å². The molecule has 0 aliphatic carbocycles. The fourth-order valence-electron chi connectivity index (χ4n) is 5.78. The highest BCUT2D eigenvalue weighted by molar-refractivity contribution is 6.31. The third-order valence-corrected chi connectivity index (χ3v) is 7.69. The second-order valence-corrected chi connectivity index (χ2v) is 9.85. The number of halogens is 1. The molecule has 3 aliphatic rings. The number of nitriles is 1. The largest absolute Gasteiger partial charge is 0.497 e. The fraction of sp³-hybridized carbons (Fsp3) is 0.462. The van der Waals surface area contributed by atoms with Crippen LogP contribution in [0.3, 0.4) is 0 Å². The number of methoxy groups -OCH3 is 1. The third kappa shape index (κ3) is 4.53. The highest BCUT2D eigenvalue weighted by Crippen LogP contribution is 2.39. The molecule has 3 heterocycles. The lowest BCUT2D eigenvalue weighted by Gasteiger charge is -2.26. The molecule has 5 rings (SSSR count). The Kier molecular flexibility index (Phi) is 6.18. The summed E-state index contributed by atoms with van der Waals surface area (Å²) in [7, 11) is 1.69. The molecular weight excluding hydrogens is 436 g/mol. The molecule has 1 amide bonds. The van der Waals surface area contributed by atoms with Gasteiger partial charge in [0.25, 0.3) is 0 Å². The van der Waals surface area contributed by atoms with E-state index in [-0.39, 0.29) is 17.9 Å². The van der Waals surface area contributed by atoms with Gasteiger partial charge in [-0.05, 0) is 61.6 Å². The quantitative estimate of drug-likeness (QED) is 0.700. The van der Waals surface area contributed by atoms with Gasteiger partial charge in [0.2, 0.25) is 5.91 Å². The minimum Gasteiger partial charge on any atom is -0.497 e. The molecule has 0 spiro atoms. The highest BCUT2D eigenvalue weighted by Gasteiger charge is 2.47. The molecule has 2 aromatic rings. The van der Waals surface area contributed by atoms with E-state index in [1.54, 1.807) is 13.2 Å². The molecule has 4 atom stereocenters. The monoisotopic (exact) mass is 464 g/mol. The van der Waals surface area contributed by atoms with Gasteiger partial charge in [-0.15, -0.1) is 0 Å². The van der Waals surface area contributed by atoms with E-state index in [1.165, 1.54) is 12.0 Å². The number of anilines is 1. The van der Waals surface area contributed by atoms with Crippen LogP contribution in [0.4, 0.5) is 5.69 Å². The van der Waals surface area contributed by atoms with E-state index in [0.29, 0.717) is 29.2 Å². The molecule has 2 bridgehead atoms. The van der Waals surface area contributed by atoms with Crippen molar-refractivity contribution in [1.82, 2.24) is 10.2 Å². The Bertz CT molecular complexity index is 1070. The SMILES string of the molecule is COc1ccc(CN2[C@H]3CC[C@@H]2[C@H](NC(=O)[C@H]2CCN(c4cc(Cl)cc(C#N)c4)C2)C3)cc1. The summed E-state index contributed by atoms with van der Waals surface area (Å²) in [4.78, 5) is 17.9. The van der Waals surface area contributed by atoms with Crippen LogP contribution >= 0.6 is 11.6 Å². The second kappa shape index (κ2) is 9.24. The molecule has 33 heavy (non-hydrogen) atoms. The van der Waals surface area contributed by atoms with Gasteiger partial charge in [-0.1, -0.05) is 23.7 Å². The molecule has 7 heteroatoms. The van der Waals surface area contributed by atoms with E-state index < -0.39 is 0 Å². The number of amides is 1. The average Bonchev–Trinajstić information content (AvgIpc) is 3.54. The number of fused-ring (bicyclic) bond motifs is 2. The number of benzene rings is 2. The second-order valence-electron chi connectivity index (χ2n) is 9.41. The summed E-state index contributed by atoms with van der Waals surface area (Å²) < 4.78 is 5.27. The molecule has 0 unspecified atom stereocenters. The maximum absolute atomic E-state index is 13.1. The summed E-state index contributed by atoms with van der Waals surface area (Å²) in [5.41, 5.74) is 2.74. The summed E-state index contributed by atoms with van der Waals surface area (Å²) in [6.07, 6.45) is 4.20. The zero-order valence-electron chi connectivity index (χ0n) is 18.8. The molecule has 3 aliphatic heterocycles. The van der Waals surface area contributed by atoms with E-state index in [1.807, 2.05) is 24.3 Å². The smallest absolute Gasteiger partial charge is 0.225 e. The summed E-state index contributed by atoms with van der Waals surface area (Å²) in [6, 6.07) is 17.0. The van der Waals surface area contributed by atoms with Gasteiger partial charge >= 0.3 is 0 Å². The number of carbonyl (C=O) groups is 1. The van der Waals surface area contributed by atoms with Gasteiger partial charge in [-0.25, -0.2) is 0 Å². The molecule has 0 saturated carbocycles. The minimum absolute atomic E-state index is 0.0383. The number of hydrogen-bond donors (Lipinski definition) is 1. The van der Waals surface area contributed by atoms with Crippen molar-refractivity contribution in [3.05, 3.63) is 58.6 Å². The predicted molar refractivity (Wildman–Crippen MR) is 128 cm³/mol. The molecule has 6 nitrogen and oxygen atoms in total. The molecule has 2 aromatic carbocycles. The van der Waals surface area contributed by atoms with Crippen LogP contribution in [-0.2, 0) is 11.3 Å². The van der Waals surface area contributed by atoms with Gasteiger partial charge in [0.05, 0.1) is 24.7 Å². The van der Waals surface area contributed by atoms with Crippen molar-refractivity contribution in [2.45, 2.75) is 50.4 Å². The van der Waals surface area contributed by atoms with Gasteiger partial charge in [-0.2, -0.15) is 5.26 Å². The zero-order chi connectivity index (χ0) is 22.9. The van der Waals surface area contributed by atoms with Crippen LogP contribution in [0.15, 0.2) is 42.5 Å². The van der Waals surface area contributed by atoms with Crippen LogP contribution in [-0.4, -0.2) is 49.1 Å². The zero-order valence-corrected chi connectivity index (χ0v) is 19.6. The number of ether oxygens (including phenoxy) is 1. The molecule has 3 saturated heterocycles. The first-order chi connectivity index (χ1) is 16.0. The first-order valence-corrected chi connectivity index (χ1v) is 12.1. The summed E-state index contributed by atoms with van der Waals surface area (Å²) in [5, 5.41) is 13.2. The van der Waals surface area contributed by atoms with Crippen molar-refractivity contribution in [1.29, 1.82) is 5.26 Å². The van der Waals surface area contributed by atoms with E-state index in [9.17, 15) is 10.1 Å². The molecule has 172 valence electrons. The number of rotatable bonds is 6. The maximum atomic E-state index is 13.1. The van der Waals surface area contributed by atoms with Crippen LogP contribution in [0.25, 0.3) is 0 Å². The molecule has 0 aromatic heterocycles. The normalized spacial score (nSPS) is 26.4. The molecule has 3 fully saturated rings. The van der Waals surface area contributed by atoms with Crippen LogP contribution in [0, 0.1) is 17.2 Å². The Morgan fingerprint density at radius 2 is 2.03 bits per heavy atom. The predicted octanol–water partition coefficient (Wildman–Crippen LogP) is 3.97. The first kappa shape index (κ1) is 22.1. The van der Waals surface area contributed by atoms with Crippen molar-refractivity contribution in [3.8, 4) is 11.8 Å².